The molecule has 45 heavy (non-hydrogen) atoms. The van der Waals surface area contributed by atoms with Crippen LogP contribution in [0.1, 0.15) is 11.1 Å². The molecular formula is C44H28O. The molecule has 0 aliphatic heterocycles. The van der Waals surface area contributed by atoms with Crippen molar-refractivity contribution >= 4 is 54.1 Å². The number of fused-ring (bicyclic) bond motifs is 10. The molecule has 0 fully saturated rings. The van der Waals surface area contributed by atoms with Crippen LogP contribution < -0.4 is 0 Å². The van der Waals surface area contributed by atoms with Crippen molar-refractivity contribution in [3.8, 4) is 33.6 Å². The zero-order chi connectivity index (χ0) is 29.5. The van der Waals surface area contributed by atoms with Crippen LogP contribution in [-0.2, 0) is 12.8 Å². The Bertz CT molecular complexity index is 2600. The molecule has 8 aromatic carbocycles. The molecule has 0 unspecified atom stereocenters. The van der Waals surface area contributed by atoms with Crippen LogP contribution in [0, 0.1) is 0 Å². The summed E-state index contributed by atoms with van der Waals surface area (Å²) in [4.78, 5) is 0. The smallest absolute Gasteiger partial charge is 0.138 e. The topological polar surface area (TPSA) is 13.1 Å². The normalized spacial score (nSPS) is 12.7. The number of hydrogen-bond donors (Lipinski definition) is 0. The van der Waals surface area contributed by atoms with E-state index < -0.39 is 0 Å². The van der Waals surface area contributed by atoms with Gasteiger partial charge in [0.15, 0.2) is 0 Å². The highest BCUT2D eigenvalue weighted by atomic mass is 16.3. The molecule has 210 valence electrons. The Kier molecular flexibility index (Phi) is 5.18. The summed E-state index contributed by atoms with van der Waals surface area (Å²) in [6.07, 6.45) is 2.01. The summed E-state index contributed by atoms with van der Waals surface area (Å²) in [6.45, 7) is 0. The van der Waals surface area contributed by atoms with Gasteiger partial charge in [0.25, 0.3) is 0 Å². The summed E-state index contributed by atoms with van der Waals surface area (Å²) in [5, 5.41) is 11.4. The van der Waals surface area contributed by atoms with Crippen LogP contribution in [0.4, 0.5) is 0 Å². The van der Waals surface area contributed by atoms with Crippen LogP contribution in [0.2, 0.25) is 0 Å². The van der Waals surface area contributed by atoms with E-state index in [0.717, 1.165) is 24.2 Å². The van der Waals surface area contributed by atoms with Crippen LogP contribution in [0.3, 0.4) is 0 Å². The van der Waals surface area contributed by atoms with Gasteiger partial charge in [-0.25, -0.2) is 0 Å². The summed E-state index contributed by atoms with van der Waals surface area (Å²) in [5.74, 6) is 1.03. The SMILES string of the molecule is c1ccc2c(c1)CCc1c-2oc2cccc(-c3c4ccccc4c(-c4cc5ccccc5c5ccccc45)c4ccccc34)c12. The molecule has 0 bridgehead atoms. The average molecular weight is 573 g/mol. The Labute approximate surface area is 261 Å². The minimum Gasteiger partial charge on any atom is -0.456 e. The van der Waals surface area contributed by atoms with Crippen LogP contribution in [0.15, 0.2) is 150 Å². The van der Waals surface area contributed by atoms with Crippen molar-refractivity contribution in [1.82, 2.24) is 0 Å². The molecule has 0 N–H and O–H groups in total. The summed E-state index contributed by atoms with van der Waals surface area (Å²) in [7, 11) is 0. The minimum atomic E-state index is 0.965. The second kappa shape index (κ2) is 9.42. The van der Waals surface area contributed by atoms with Gasteiger partial charge in [-0.05, 0) is 95.9 Å². The van der Waals surface area contributed by atoms with Gasteiger partial charge in [-0.15, -0.1) is 0 Å². The third-order valence-electron chi connectivity index (χ3n) is 9.96. The first-order valence-corrected chi connectivity index (χ1v) is 15.8. The lowest BCUT2D eigenvalue weighted by molar-refractivity contribution is 0.621. The van der Waals surface area contributed by atoms with Gasteiger partial charge in [0.1, 0.15) is 11.3 Å². The van der Waals surface area contributed by atoms with Gasteiger partial charge in [0, 0.05) is 16.5 Å². The first kappa shape index (κ1) is 24.7. The molecule has 1 aromatic heterocycles. The zero-order valence-electron chi connectivity index (χ0n) is 24.7. The van der Waals surface area contributed by atoms with E-state index in [-0.39, 0.29) is 0 Å². The van der Waals surface area contributed by atoms with Crippen LogP contribution >= 0.6 is 0 Å². The van der Waals surface area contributed by atoms with Crippen LogP contribution in [0.25, 0.3) is 87.6 Å². The molecule has 0 saturated heterocycles. The maximum absolute atomic E-state index is 6.69. The second-order valence-corrected chi connectivity index (χ2v) is 12.3. The molecule has 0 atom stereocenters. The number of aryl methyl sites for hydroxylation is 2. The van der Waals surface area contributed by atoms with E-state index in [2.05, 4.69) is 146 Å². The van der Waals surface area contributed by atoms with Crippen molar-refractivity contribution < 1.29 is 4.42 Å². The monoisotopic (exact) mass is 572 g/mol. The lowest BCUT2D eigenvalue weighted by Gasteiger charge is -2.20. The summed E-state index contributed by atoms with van der Waals surface area (Å²) in [6, 6.07) is 53.3. The van der Waals surface area contributed by atoms with E-state index in [1.165, 1.54) is 87.4 Å². The van der Waals surface area contributed by atoms with E-state index >= 15 is 0 Å². The molecule has 9 aromatic rings. The molecule has 10 rings (SSSR count). The van der Waals surface area contributed by atoms with E-state index in [1.807, 2.05) is 0 Å². The standard InChI is InChI=1S/C44H28O/c1-4-15-30-27(12-1)24-25-38-43-37(22-11-23-40(43)45-44(30)38)41-33-18-7-9-20-35(33)42(36-21-10-8-19-34(36)41)39-26-28-13-2-3-14-29(28)31-16-5-6-17-32(31)39/h1-23,26H,24-25H2. The average Bonchev–Trinajstić information content (AvgIpc) is 3.50. The molecule has 1 aliphatic carbocycles. The van der Waals surface area contributed by atoms with Gasteiger partial charge in [-0.2, -0.15) is 0 Å². The number of furan rings is 1. The lowest BCUT2D eigenvalue weighted by atomic mass is 9.82. The van der Waals surface area contributed by atoms with Crippen molar-refractivity contribution in [2.45, 2.75) is 12.8 Å². The highest BCUT2D eigenvalue weighted by Crippen LogP contribution is 2.50. The predicted molar refractivity (Wildman–Crippen MR) is 190 cm³/mol. The molecule has 0 radical (unpaired) electrons. The third kappa shape index (κ3) is 3.50. The Hall–Kier alpha value is -5.66. The third-order valence-corrected chi connectivity index (χ3v) is 9.96. The maximum atomic E-state index is 6.69. The molecule has 1 heterocycles. The molecule has 1 nitrogen and oxygen atoms in total. The van der Waals surface area contributed by atoms with Gasteiger partial charge in [-0.3, -0.25) is 0 Å². The van der Waals surface area contributed by atoms with Crippen molar-refractivity contribution in [1.29, 1.82) is 0 Å². The van der Waals surface area contributed by atoms with E-state index in [4.69, 9.17) is 4.42 Å². The molecule has 0 spiro atoms. The Balaban J connectivity index is 1.35. The van der Waals surface area contributed by atoms with Crippen molar-refractivity contribution in [3.05, 3.63) is 157 Å². The number of rotatable bonds is 2. The fraction of sp³-hybridized carbons (Fsp3) is 0.0455. The first-order chi connectivity index (χ1) is 22.3. The molecular weight excluding hydrogens is 544 g/mol. The Morgan fingerprint density at radius 3 is 1.69 bits per heavy atom. The van der Waals surface area contributed by atoms with Gasteiger partial charge in [-0.1, -0.05) is 133 Å². The summed E-state index contributed by atoms with van der Waals surface area (Å²) < 4.78 is 6.69. The van der Waals surface area contributed by atoms with Crippen LogP contribution in [-0.4, -0.2) is 0 Å². The first-order valence-electron chi connectivity index (χ1n) is 15.8. The van der Waals surface area contributed by atoms with E-state index in [1.54, 1.807) is 0 Å². The van der Waals surface area contributed by atoms with Crippen LogP contribution in [0.5, 0.6) is 0 Å². The largest absolute Gasteiger partial charge is 0.456 e. The number of benzene rings is 8. The van der Waals surface area contributed by atoms with E-state index in [9.17, 15) is 0 Å². The van der Waals surface area contributed by atoms with Gasteiger partial charge in [0.2, 0.25) is 0 Å². The lowest BCUT2D eigenvalue weighted by Crippen LogP contribution is -2.01. The predicted octanol–water partition coefficient (Wildman–Crippen LogP) is 12.1. The summed E-state index contributed by atoms with van der Waals surface area (Å²) >= 11 is 0. The maximum Gasteiger partial charge on any atom is 0.138 e. The van der Waals surface area contributed by atoms with Gasteiger partial charge < -0.3 is 4.42 Å². The quantitative estimate of drug-likeness (QED) is 0.148. The van der Waals surface area contributed by atoms with E-state index in [0.29, 0.717) is 0 Å². The molecule has 0 saturated carbocycles. The second-order valence-electron chi connectivity index (χ2n) is 12.3. The molecule has 1 aliphatic rings. The van der Waals surface area contributed by atoms with Crippen molar-refractivity contribution in [3.63, 3.8) is 0 Å². The summed E-state index contributed by atoms with van der Waals surface area (Å²) in [5.41, 5.74) is 10.00. The molecule has 1 heteroatoms. The van der Waals surface area contributed by atoms with Gasteiger partial charge in [0.05, 0.1) is 0 Å². The minimum absolute atomic E-state index is 0.965. The number of hydrogen-bond acceptors (Lipinski definition) is 1. The Morgan fingerprint density at radius 1 is 0.400 bits per heavy atom. The van der Waals surface area contributed by atoms with Crippen molar-refractivity contribution in [2.24, 2.45) is 0 Å². The molecule has 0 amide bonds. The highest BCUT2D eigenvalue weighted by Gasteiger charge is 2.26. The van der Waals surface area contributed by atoms with Gasteiger partial charge >= 0.3 is 0 Å². The van der Waals surface area contributed by atoms with Crippen molar-refractivity contribution in [2.75, 3.05) is 0 Å². The zero-order valence-corrected chi connectivity index (χ0v) is 24.7. The Morgan fingerprint density at radius 2 is 0.956 bits per heavy atom. The fourth-order valence-corrected chi connectivity index (χ4v) is 8.07. The fourth-order valence-electron chi connectivity index (χ4n) is 8.07. The highest BCUT2D eigenvalue weighted by molar-refractivity contribution is 6.27.